The minimum Gasteiger partial charge on any atom is -0.381 e. The molecule has 0 radical (unpaired) electrons. The second-order valence-corrected chi connectivity index (χ2v) is 5.38. The van der Waals surface area contributed by atoms with Crippen LogP contribution in [-0.2, 0) is 0 Å². The number of hydrogen-bond donors (Lipinski definition) is 1. The maximum atomic E-state index is 3.52. The zero-order valence-corrected chi connectivity index (χ0v) is 11.0. The second-order valence-electron chi connectivity index (χ2n) is 4.46. The molecule has 2 rings (SSSR count). The highest BCUT2D eigenvalue weighted by Gasteiger charge is 2.25. The van der Waals surface area contributed by atoms with Crippen molar-refractivity contribution in [3.8, 4) is 0 Å². The monoisotopic (exact) mass is 268 g/mol. The Morgan fingerprint density at radius 3 is 2.87 bits per heavy atom. The molecule has 1 aromatic carbocycles. The lowest BCUT2D eigenvalue weighted by Crippen LogP contribution is -2.44. The number of anilines is 2. The molecule has 1 aliphatic heterocycles. The van der Waals surface area contributed by atoms with Gasteiger partial charge in [0, 0.05) is 24.1 Å². The van der Waals surface area contributed by atoms with Crippen molar-refractivity contribution in [2.45, 2.75) is 19.9 Å². The van der Waals surface area contributed by atoms with Crippen LogP contribution in [0, 0.1) is 5.92 Å². The van der Waals surface area contributed by atoms with Crippen LogP contribution in [0.15, 0.2) is 22.7 Å². The molecule has 0 aliphatic carbocycles. The van der Waals surface area contributed by atoms with Crippen LogP contribution in [0.3, 0.4) is 0 Å². The molecule has 0 aromatic heterocycles. The number of halogens is 1. The van der Waals surface area contributed by atoms with Crippen molar-refractivity contribution in [1.29, 1.82) is 0 Å². The van der Waals surface area contributed by atoms with Gasteiger partial charge in [0.2, 0.25) is 0 Å². The summed E-state index contributed by atoms with van der Waals surface area (Å²) in [5, 5.41) is 3.49. The number of fused-ring (bicyclic) bond motifs is 1. The predicted octanol–water partition coefficient (Wildman–Crippen LogP) is 3.34. The van der Waals surface area contributed by atoms with E-state index in [-0.39, 0.29) is 0 Å². The van der Waals surface area contributed by atoms with E-state index in [1.165, 1.54) is 11.4 Å². The molecule has 0 fully saturated rings. The van der Waals surface area contributed by atoms with Crippen LogP contribution < -0.4 is 10.2 Å². The van der Waals surface area contributed by atoms with E-state index in [9.17, 15) is 0 Å². The molecular formula is C12H17BrN2. The Hall–Kier alpha value is -0.700. The van der Waals surface area contributed by atoms with E-state index in [4.69, 9.17) is 0 Å². The van der Waals surface area contributed by atoms with Crippen molar-refractivity contribution in [1.82, 2.24) is 0 Å². The van der Waals surface area contributed by atoms with Gasteiger partial charge < -0.3 is 10.2 Å². The number of nitrogens with zero attached hydrogens (tertiary/aromatic N) is 1. The molecule has 82 valence electrons. The third kappa shape index (κ3) is 1.98. The van der Waals surface area contributed by atoms with Crippen molar-refractivity contribution in [2.24, 2.45) is 5.92 Å². The molecule has 1 aliphatic rings. The Kier molecular flexibility index (Phi) is 2.91. The molecular weight excluding hydrogens is 252 g/mol. The first-order chi connectivity index (χ1) is 7.09. The van der Waals surface area contributed by atoms with Crippen LogP contribution in [0.2, 0.25) is 0 Å². The average Bonchev–Trinajstić information content (AvgIpc) is 2.19. The van der Waals surface area contributed by atoms with Crippen molar-refractivity contribution in [3.63, 3.8) is 0 Å². The molecule has 1 unspecified atom stereocenters. The summed E-state index contributed by atoms with van der Waals surface area (Å²) in [5.41, 5.74) is 2.52. The number of hydrogen-bond acceptors (Lipinski definition) is 2. The lowest BCUT2D eigenvalue weighted by molar-refractivity contribution is 0.482. The fourth-order valence-electron chi connectivity index (χ4n) is 2.16. The van der Waals surface area contributed by atoms with Crippen molar-refractivity contribution < 1.29 is 0 Å². The molecule has 1 atom stereocenters. The molecule has 3 heteroatoms. The summed E-state index contributed by atoms with van der Waals surface area (Å²) in [6.07, 6.45) is 0. The van der Waals surface area contributed by atoms with Gasteiger partial charge in [-0.1, -0.05) is 29.8 Å². The molecule has 0 saturated carbocycles. The molecule has 15 heavy (non-hydrogen) atoms. The van der Waals surface area contributed by atoms with E-state index in [0.717, 1.165) is 11.0 Å². The SMILES string of the molecule is CC(C)C1CNc2ccc(Br)cc2N1C. The standard InChI is InChI=1S/C12H17BrN2/c1-8(2)12-7-14-10-5-4-9(13)6-11(10)15(12)3/h4-6,8,12,14H,7H2,1-3H3. The average molecular weight is 269 g/mol. The number of benzene rings is 1. The third-order valence-corrected chi connectivity index (χ3v) is 3.60. The minimum absolute atomic E-state index is 0.576. The van der Waals surface area contributed by atoms with E-state index in [1.54, 1.807) is 0 Å². The highest BCUT2D eigenvalue weighted by molar-refractivity contribution is 9.10. The summed E-state index contributed by atoms with van der Waals surface area (Å²) >= 11 is 3.52. The fourth-order valence-corrected chi connectivity index (χ4v) is 2.51. The van der Waals surface area contributed by atoms with Gasteiger partial charge in [-0.05, 0) is 24.1 Å². The van der Waals surface area contributed by atoms with Crippen LogP contribution in [0.5, 0.6) is 0 Å². The van der Waals surface area contributed by atoms with Gasteiger partial charge in [0.25, 0.3) is 0 Å². The van der Waals surface area contributed by atoms with E-state index in [1.807, 2.05) is 0 Å². The Bertz CT molecular complexity index is 363. The summed E-state index contributed by atoms with van der Waals surface area (Å²) in [6.45, 7) is 5.57. The largest absolute Gasteiger partial charge is 0.381 e. The molecule has 0 spiro atoms. The van der Waals surface area contributed by atoms with Crippen LogP contribution in [0.25, 0.3) is 0 Å². The molecule has 1 heterocycles. The van der Waals surface area contributed by atoms with Gasteiger partial charge in [0.1, 0.15) is 0 Å². The Balaban J connectivity index is 2.36. The van der Waals surface area contributed by atoms with Crippen LogP contribution in [-0.4, -0.2) is 19.6 Å². The summed E-state index contributed by atoms with van der Waals surface area (Å²) in [7, 11) is 2.18. The Morgan fingerprint density at radius 2 is 2.20 bits per heavy atom. The number of rotatable bonds is 1. The van der Waals surface area contributed by atoms with Crippen LogP contribution in [0.1, 0.15) is 13.8 Å². The van der Waals surface area contributed by atoms with Gasteiger partial charge in [-0.15, -0.1) is 0 Å². The van der Waals surface area contributed by atoms with E-state index in [0.29, 0.717) is 12.0 Å². The number of likely N-dealkylation sites (N-methyl/N-ethyl adjacent to an activating group) is 1. The quantitative estimate of drug-likeness (QED) is 0.841. The zero-order chi connectivity index (χ0) is 11.0. The van der Waals surface area contributed by atoms with Crippen molar-refractivity contribution in [2.75, 3.05) is 23.8 Å². The first-order valence-electron chi connectivity index (χ1n) is 5.36. The first kappa shape index (κ1) is 10.8. The zero-order valence-electron chi connectivity index (χ0n) is 9.42. The molecule has 2 nitrogen and oxygen atoms in total. The molecule has 1 N–H and O–H groups in total. The van der Waals surface area contributed by atoms with E-state index < -0.39 is 0 Å². The number of nitrogens with one attached hydrogen (secondary N) is 1. The first-order valence-corrected chi connectivity index (χ1v) is 6.15. The van der Waals surface area contributed by atoms with Crippen molar-refractivity contribution in [3.05, 3.63) is 22.7 Å². The Morgan fingerprint density at radius 1 is 1.47 bits per heavy atom. The Labute approximate surface area is 99.8 Å². The highest BCUT2D eigenvalue weighted by atomic mass is 79.9. The topological polar surface area (TPSA) is 15.3 Å². The van der Waals surface area contributed by atoms with Gasteiger partial charge in [-0.25, -0.2) is 0 Å². The molecule has 0 saturated heterocycles. The van der Waals surface area contributed by atoms with Crippen LogP contribution in [0.4, 0.5) is 11.4 Å². The summed E-state index contributed by atoms with van der Waals surface area (Å²) < 4.78 is 1.14. The highest BCUT2D eigenvalue weighted by Crippen LogP contribution is 2.34. The lowest BCUT2D eigenvalue weighted by atomic mass is 9.99. The van der Waals surface area contributed by atoms with Crippen molar-refractivity contribution >= 4 is 27.3 Å². The maximum absolute atomic E-state index is 3.52. The minimum atomic E-state index is 0.576. The summed E-state index contributed by atoms with van der Waals surface area (Å²) in [4.78, 5) is 2.38. The smallest absolute Gasteiger partial charge is 0.0613 e. The third-order valence-electron chi connectivity index (χ3n) is 3.11. The maximum Gasteiger partial charge on any atom is 0.0613 e. The predicted molar refractivity (Wildman–Crippen MR) is 69.7 cm³/mol. The lowest BCUT2D eigenvalue weighted by Gasteiger charge is -2.39. The van der Waals surface area contributed by atoms with Gasteiger partial charge in [-0.2, -0.15) is 0 Å². The summed E-state index contributed by atoms with van der Waals surface area (Å²) in [5.74, 6) is 0.662. The second kappa shape index (κ2) is 4.05. The van der Waals surface area contributed by atoms with Gasteiger partial charge in [0.15, 0.2) is 0 Å². The van der Waals surface area contributed by atoms with Gasteiger partial charge in [-0.3, -0.25) is 0 Å². The summed E-state index contributed by atoms with van der Waals surface area (Å²) in [6, 6.07) is 6.96. The normalized spacial score (nSPS) is 20.1. The van der Waals surface area contributed by atoms with E-state index >= 15 is 0 Å². The molecule has 0 bridgehead atoms. The van der Waals surface area contributed by atoms with Crippen LogP contribution >= 0.6 is 15.9 Å². The van der Waals surface area contributed by atoms with Gasteiger partial charge in [0.05, 0.1) is 11.4 Å². The van der Waals surface area contributed by atoms with Gasteiger partial charge >= 0.3 is 0 Å². The molecule has 1 aromatic rings. The van der Waals surface area contributed by atoms with E-state index in [2.05, 4.69) is 65.2 Å². The fraction of sp³-hybridized carbons (Fsp3) is 0.500. The molecule has 0 amide bonds.